The molecule has 1 aliphatic rings. The van der Waals surface area contributed by atoms with Crippen molar-refractivity contribution >= 4 is 35.5 Å². The summed E-state index contributed by atoms with van der Waals surface area (Å²) in [5, 5.41) is 32.9. The Bertz CT molecular complexity index is 1620. The third-order valence-corrected chi connectivity index (χ3v) is 11.0. The Morgan fingerprint density at radius 3 is 2.10 bits per heavy atom. The monoisotopic (exact) mass is 825 g/mol. The Kier molecular flexibility index (Phi) is 20.5. The number of imidazole rings is 1. The lowest BCUT2D eigenvalue weighted by molar-refractivity contribution is -0.150. The highest BCUT2D eigenvalue weighted by molar-refractivity contribution is 5.93. The molecule has 9 N–H and O–H groups in total. The molecule has 1 fully saturated rings. The van der Waals surface area contributed by atoms with E-state index in [-0.39, 0.29) is 43.6 Å². The molecule has 1 saturated carbocycles. The van der Waals surface area contributed by atoms with E-state index in [1.54, 1.807) is 11.1 Å². The Hall–Kier alpha value is -4.83. The molecule has 7 atom stereocenters. The molecule has 5 amide bonds. The van der Waals surface area contributed by atoms with E-state index in [1.165, 1.54) is 13.3 Å². The summed E-state index contributed by atoms with van der Waals surface area (Å²) in [6, 6.07) is 3.64. The predicted octanol–water partition coefficient (Wildman–Crippen LogP) is 2.74. The van der Waals surface area contributed by atoms with E-state index < -0.39 is 78.2 Å². The van der Waals surface area contributed by atoms with E-state index in [0.717, 1.165) is 24.8 Å². The molecular formula is C43H68N8O8. The van der Waals surface area contributed by atoms with Crippen LogP contribution in [0, 0.1) is 11.8 Å². The maximum Gasteiger partial charge on any atom is 0.326 e. The highest BCUT2D eigenvalue weighted by Crippen LogP contribution is 2.29. The van der Waals surface area contributed by atoms with Gasteiger partial charge in [0, 0.05) is 32.0 Å². The lowest BCUT2D eigenvalue weighted by atomic mass is 9.88. The summed E-state index contributed by atoms with van der Waals surface area (Å²) in [6.07, 6.45) is 7.57. The van der Waals surface area contributed by atoms with Gasteiger partial charge >= 0.3 is 5.97 Å². The molecular weight excluding hydrogens is 757 g/mol. The van der Waals surface area contributed by atoms with Crippen LogP contribution in [0.3, 0.4) is 0 Å². The number of aromatic amines is 1. The van der Waals surface area contributed by atoms with Crippen molar-refractivity contribution in [1.29, 1.82) is 0 Å². The smallest absolute Gasteiger partial charge is 0.326 e. The number of rotatable bonds is 25. The molecule has 1 aromatic carbocycles. The van der Waals surface area contributed by atoms with Crippen LogP contribution >= 0.6 is 0 Å². The number of unbranched alkanes of at least 4 members (excludes halogenated alkanes) is 1. The number of nitrogens with zero attached hydrogens (tertiary/aromatic N) is 2. The Balaban J connectivity index is 1.90. The highest BCUT2D eigenvalue weighted by atomic mass is 16.4. The summed E-state index contributed by atoms with van der Waals surface area (Å²) in [6.45, 7) is 9.31. The zero-order valence-corrected chi connectivity index (χ0v) is 35.5. The van der Waals surface area contributed by atoms with Gasteiger partial charge in [-0.05, 0) is 62.5 Å². The summed E-state index contributed by atoms with van der Waals surface area (Å²) in [4.78, 5) is 89.6. The molecule has 0 radical (unpaired) electrons. The van der Waals surface area contributed by atoms with Crippen LogP contribution in [-0.4, -0.2) is 109 Å². The molecule has 59 heavy (non-hydrogen) atoms. The normalized spacial score (nSPS) is 16.7. The van der Waals surface area contributed by atoms with Crippen molar-refractivity contribution in [2.45, 2.75) is 160 Å². The summed E-state index contributed by atoms with van der Waals surface area (Å²) < 4.78 is 0. The molecule has 1 aromatic heterocycles. The second kappa shape index (κ2) is 24.9. The van der Waals surface area contributed by atoms with E-state index in [1.807, 2.05) is 58.0 Å². The first-order valence-corrected chi connectivity index (χ1v) is 21.3. The number of carboxylic acid groups (broad SMARTS) is 1. The number of aliphatic carboxylic acids is 1. The molecule has 1 heterocycles. The summed E-state index contributed by atoms with van der Waals surface area (Å²) in [5.74, 6) is -4.17. The second-order valence-corrected chi connectivity index (χ2v) is 16.4. The van der Waals surface area contributed by atoms with Gasteiger partial charge in [-0.25, -0.2) is 9.78 Å². The van der Waals surface area contributed by atoms with Crippen LogP contribution in [0.25, 0.3) is 0 Å². The second-order valence-electron chi connectivity index (χ2n) is 16.4. The number of benzene rings is 1. The standard InChI is InChI=1S/C43H68N8O8/c1-6-28(4)39(42(57)48-33(43(58)59)19-13-14-20-44)51(32-17-11-8-12-18-32)38(54)24-37(53)34(21-27(2)3)49-41(56)36(23-31-25-45-26-46-31)50-40(55)35(47-29(5)52)22-30-15-9-7-10-16-30/h7,9-10,15-16,25-28,32-37,39,53H,6,8,11-14,17-24,44H2,1-5H3,(H,45,46)(H,47,52)(H,48,57)(H,49,56)(H,50,55)(H,58,59)/t28-,33-,34-,35-,36-,37-,39-/m0/s1. The zero-order chi connectivity index (χ0) is 43.5. The molecule has 0 bridgehead atoms. The van der Waals surface area contributed by atoms with E-state index in [0.29, 0.717) is 44.3 Å². The van der Waals surface area contributed by atoms with Crippen LogP contribution in [0.5, 0.6) is 0 Å². The van der Waals surface area contributed by atoms with Crippen molar-refractivity contribution in [1.82, 2.24) is 36.1 Å². The number of amides is 5. The van der Waals surface area contributed by atoms with Crippen molar-refractivity contribution in [3.05, 3.63) is 54.1 Å². The fourth-order valence-corrected chi connectivity index (χ4v) is 7.76. The van der Waals surface area contributed by atoms with Crippen molar-refractivity contribution in [3.63, 3.8) is 0 Å². The van der Waals surface area contributed by atoms with Gasteiger partial charge in [0.1, 0.15) is 24.2 Å². The molecule has 2 aromatic rings. The first-order chi connectivity index (χ1) is 28.1. The van der Waals surface area contributed by atoms with Crippen LogP contribution in [0.4, 0.5) is 0 Å². The largest absolute Gasteiger partial charge is 0.480 e. The third-order valence-electron chi connectivity index (χ3n) is 11.0. The number of aliphatic hydroxyl groups excluding tert-OH is 1. The fourth-order valence-electron chi connectivity index (χ4n) is 7.76. The average molecular weight is 825 g/mol. The average Bonchev–Trinajstić information content (AvgIpc) is 3.72. The molecule has 0 aliphatic heterocycles. The zero-order valence-electron chi connectivity index (χ0n) is 35.5. The van der Waals surface area contributed by atoms with Gasteiger partial charge in [0.15, 0.2) is 0 Å². The lowest BCUT2D eigenvalue weighted by Crippen LogP contribution is -2.60. The van der Waals surface area contributed by atoms with E-state index in [9.17, 15) is 39.0 Å². The number of hydrogen-bond donors (Lipinski definition) is 8. The quantitative estimate of drug-likeness (QED) is 0.0681. The predicted molar refractivity (Wildman–Crippen MR) is 223 cm³/mol. The molecule has 3 rings (SSSR count). The van der Waals surface area contributed by atoms with Gasteiger partial charge < -0.3 is 47.1 Å². The minimum absolute atomic E-state index is 0.00661. The fraction of sp³-hybridized carbons (Fsp3) is 0.651. The number of aromatic nitrogens is 2. The molecule has 0 spiro atoms. The number of carbonyl (C=O) groups excluding carboxylic acids is 5. The molecule has 1 aliphatic carbocycles. The topological polar surface area (TPSA) is 249 Å². The van der Waals surface area contributed by atoms with Crippen LogP contribution in [0.1, 0.15) is 117 Å². The number of carbonyl (C=O) groups is 6. The highest BCUT2D eigenvalue weighted by Gasteiger charge is 2.41. The summed E-state index contributed by atoms with van der Waals surface area (Å²) in [5.41, 5.74) is 6.92. The van der Waals surface area contributed by atoms with E-state index in [2.05, 4.69) is 31.2 Å². The van der Waals surface area contributed by atoms with Crippen molar-refractivity contribution in [3.8, 4) is 0 Å². The number of H-pyrrole nitrogens is 1. The maximum absolute atomic E-state index is 14.6. The van der Waals surface area contributed by atoms with Gasteiger partial charge in [0.2, 0.25) is 29.5 Å². The van der Waals surface area contributed by atoms with Gasteiger partial charge in [-0.15, -0.1) is 0 Å². The molecule has 0 saturated heterocycles. The number of carboxylic acids is 1. The van der Waals surface area contributed by atoms with Gasteiger partial charge in [-0.1, -0.05) is 83.7 Å². The van der Waals surface area contributed by atoms with E-state index >= 15 is 0 Å². The third kappa shape index (κ3) is 16.0. The van der Waals surface area contributed by atoms with Crippen molar-refractivity contribution in [2.24, 2.45) is 17.6 Å². The lowest BCUT2D eigenvalue weighted by Gasteiger charge is -2.42. The number of aliphatic hydroxyl groups is 1. The molecule has 0 unspecified atom stereocenters. The van der Waals surface area contributed by atoms with Gasteiger partial charge in [0.25, 0.3) is 0 Å². The SMILES string of the molecule is CC[C@H](C)[C@@H](C(=O)N[C@@H](CCCCN)C(=O)O)N(C(=O)C[C@H](O)[C@H](CC(C)C)NC(=O)[C@H](Cc1c[nH]cn1)NC(=O)[C@H](Cc1ccccc1)NC(C)=O)C1CCCCC1. The van der Waals surface area contributed by atoms with Gasteiger partial charge in [-0.3, -0.25) is 24.0 Å². The Morgan fingerprint density at radius 1 is 0.881 bits per heavy atom. The van der Waals surface area contributed by atoms with Gasteiger partial charge in [0.05, 0.1) is 30.6 Å². The molecule has 16 nitrogen and oxygen atoms in total. The number of hydrogen-bond acceptors (Lipinski definition) is 9. The van der Waals surface area contributed by atoms with E-state index in [4.69, 9.17) is 5.73 Å². The summed E-state index contributed by atoms with van der Waals surface area (Å²) >= 11 is 0. The number of nitrogens with two attached hydrogens (primary N) is 1. The van der Waals surface area contributed by atoms with Crippen LogP contribution in [-0.2, 0) is 41.6 Å². The minimum atomic E-state index is -1.38. The molecule has 328 valence electrons. The molecule has 16 heteroatoms. The Morgan fingerprint density at radius 2 is 1.53 bits per heavy atom. The Labute approximate surface area is 348 Å². The maximum atomic E-state index is 14.6. The first-order valence-electron chi connectivity index (χ1n) is 21.3. The van der Waals surface area contributed by atoms with Crippen LogP contribution in [0.15, 0.2) is 42.9 Å². The summed E-state index contributed by atoms with van der Waals surface area (Å²) in [7, 11) is 0. The van der Waals surface area contributed by atoms with Crippen LogP contribution in [0.2, 0.25) is 0 Å². The van der Waals surface area contributed by atoms with Crippen molar-refractivity contribution < 1.29 is 39.0 Å². The first kappa shape index (κ1) is 48.5. The van der Waals surface area contributed by atoms with Gasteiger partial charge in [-0.2, -0.15) is 0 Å². The minimum Gasteiger partial charge on any atom is -0.480 e. The number of nitrogens with one attached hydrogen (secondary N) is 5. The van der Waals surface area contributed by atoms with Crippen LogP contribution < -0.4 is 27.0 Å². The van der Waals surface area contributed by atoms with Crippen molar-refractivity contribution in [2.75, 3.05) is 6.54 Å².